The van der Waals surface area contributed by atoms with Crippen LogP contribution in [-0.2, 0) is 13.1 Å². The minimum absolute atomic E-state index is 0.489. The van der Waals surface area contributed by atoms with Crippen LogP contribution in [0.25, 0.3) is 0 Å². The topological polar surface area (TPSA) is 41.9 Å². The highest BCUT2D eigenvalue weighted by Crippen LogP contribution is 2.25. The number of anilines is 1. The lowest BCUT2D eigenvalue weighted by Gasteiger charge is -2.11. The number of hydrogen-bond donors (Lipinski definition) is 2. The van der Waals surface area contributed by atoms with Crippen LogP contribution in [0, 0.1) is 6.92 Å². The predicted octanol–water partition coefficient (Wildman–Crippen LogP) is 4.00. The van der Waals surface area contributed by atoms with Crippen LogP contribution in [-0.4, -0.2) is 14.9 Å². The maximum absolute atomic E-state index is 6.08. The average molecular weight is 343 g/mol. The van der Waals surface area contributed by atoms with Gasteiger partial charge in [0.25, 0.3) is 0 Å². The molecule has 7 heteroatoms. The Morgan fingerprint density at radius 3 is 2.81 bits per heavy atom. The summed E-state index contributed by atoms with van der Waals surface area (Å²) in [7, 11) is 0. The van der Waals surface area contributed by atoms with Crippen LogP contribution in [0.3, 0.4) is 0 Å². The van der Waals surface area contributed by atoms with E-state index in [0.717, 1.165) is 17.8 Å². The highest BCUT2D eigenvalue weighted by molar-refractivity contribution is 7.80. The lowest BCUT2D eigenvalue weighted by molar-refractivity contribution is 0.653. The number of thiocarbonyl (C=S) groups is 1. The molecular formula is C14H16Cl2N4S. The van der Waals surface area contributed by atoms with Crippen LogP contribution in [0.4, 0.5) is 5.69 Å². The Bertz CT molecular complexity index is 654. The molecule has 0 fully saturated rings. The second kappa shape index (κ2) is 7.11. The standard InChI is InChI=1S/C14H16Cl2N4S/c1-3-20-8-10(9(2)19-20)7-17-14(21)18-13-6-11(15)4-5-12(13)16/h4-6,8H,3,7H2,1-2H3,(H2,17,18,21). The Labute approximate surface area is 139 Å². The van der Waals surface area contributed by atoms with Crippen molar-refractivity contribution in [3.05, 3.63) is 45.7 Å². The van der Waals surface area contributed by atoms with E-state index in [1.54, 1.807) is 18.2 Å². The van der Waals surface area contributed by atoms with E-state index in [1.807, 2.05) is 17.8 Å². The van der Waals surface area contributed by atoms with E-state index in [4.69, 9.17) is 35.4 Å². The zero-order valence-corrected chi connectivity index (χ0v) is 14.1. The molecule has 0 saturated carbocycles. The van der Waals surface area contributed by atoms with Gasteiger partial charge in [0.2, 0.25) is 0 Å². The first-order valence-electron chi connectivity index (χ1n) is 6.52. The molecule has 2 aromatic rings. The zero-order chi connectivity index (χ0) is 15.4. The van der Waals surface area contributed by atoms with Gasteiger partial charge in [-0.05, 0) is 44.3 Å². The normalized spacial score (nSPS) is 10.5. The quantitative estimate of drug-likeness (QED) is 0.824. The van der Waals surface area contributed by atoms with Gasteiger partial charge in [0.1, 0.15) is 0 Å². The number of benzene rings is 1. The molecule has 1 heterocycles. The first-order chi connectivity index (χ1) is 9.99. The summed E-state index contributed by atoms with van der Waals surface area (Å²) >= 11 is 17.3. The highest BCUT2D eigenvalue weighted by atomic mass is 35.5. The van der Waals surface area contributed by atoms with Gasteiger partial charge in [-0.3, -0.25) is 4.68 Å². The number of hydrogen-bond acceptors (Lipinski definition) is 2. The van der Waals surface area contributed by atoms with Gasteiger partial charge in [-0.1, -0.05) is 23.2 Å². The molecule has 0 atom stereocenters. The van der Waals surface area contributed by atoms with Crippen molar-refractivity contribution in [3.63, 3.8) is 0 Å². The SMILES string of the molecule is CCn1cc(CNC(=S)Nc2cc(Cl)ccc2Cl)c(C)n1. The van der Waals surface area contributed by atoms with E-state index in [-0.39, 0.29) is 0 Å². The van der Waals surface area contributed by atoms with Gasteiger partial charge >= 0.3 is 0 Å². The molecule has 21 heavy (non-hydrogen) atoms. The summed E-state index contributed by atoms with van der Waals surface area (Å²) in [6.07, 6.45) is 2.01. The molecule has 0 aliphatic rings. The third-order valence-electron chi connectivity index (χ3n) is 2.99. The molecule has 4 nitrogen and oxygen atoms in total. The Morgan fingerprint density at radius 1 is 1.38 bits per heavy atom. The highest BCUT2D eigenvalue weighted by Gasteiger charge is 2.06. The van der Waals surface area contributed by atoms with E-state index < -0.39 is 0 Å². The molecule has 0 amide bonds. The molecule has 2 rings (SSSR count). The summed E-state index contributed by atoms with van der Waals surface area (Å²) < 4.78 is 1.90. The number of halogens is 2. The molecule has 1 aromatic heterocycles. The molecule has 0 saturated heterocycles. The average Bonchev–Trinajstić information content (AvgIpc) is 2.81. The molecule has 0 aliphatic heterocycles. The molecule has 0 spiro atoms. The van der Waals surface area contributed by atoms with Gasteiger partial charge in [-0.25, -0.2) is 0 Å². The van der Waals surface area contributed by atoms with E-state index >= 15 is 0 Å². The summed E-state index contributed by atoms with van der Waals surface area (Å²) in [5.41, 5.74) is 2.79. The van der Waals surface area contributed by atoms with Crippen molar-refractivity contribution >= 4 is 46.2 Å². The fourth-order valence-electron chi connectivity index (χ4n) is 1.83. The minimum Gasteiger partial charge on any atom is -0.358 e. The van der Waals surface area contributed by atoms with Crippen molar-refractivity contribution in [2.75, 3.05) is 5.32 Å². The third kappa shape index (κ3) is 4.33. The van der Waals surface area contributed by atoms with Gasteiger partial charge in [-0.15, -0.1) is 0 Å². The minimum atomic E-state index is 0.489. The number of rotatable bonds is 4. The van der Waals surface area contributed by atoms with E-state index in [9.17, 15) is 0 Å². The van der Waals surface area contributed by atoms with Crippen molar-refractivity contribution < 1.29 is 0 Å². The summed E-state index contributed by atoms with van der Waals surface area (Å²) in [5, 5.41) is 12.2. The summed E-state index contributed by atoms with van der Waals surface area (Å²) in [4.78, 5) is 0. The van der Waals surface area contributed by atoms with Crippen LogP contribution < -0.4 is 10.6 Å². The first kappa shape index (κ1) is 16.1. The molecule has 0 bridgehead atoms. The molecule has 2 N–H and O–H groups in total. The Morgan fingerprint density at radius 2 is 2.14 bits per heavy atom. The molecule has 112 valence electrons. The van der Waals surface area contributed by atoms with Crippen molar-refractivity contribution in [1.29, 1.82) is 0 Å². The molecule has 0 radical (unpaired) electrons. The van der Waals surface area contributed by atoms with Gasteiger partial charge < -0.3 is 10.6 Å². The first-order valence-corrected chi connectivity index (χ1v) is 7.69. The number of aromatic nitrogens is 2. The van der Waals surface area contributed by atoms with Crippen molar-refractivity contribution in [3.8, 4) is 0 Å². The smallest absolute Gasteiger partial charge is 0.171 e. The Hall–Kier alpha value is -1.30. The van der Waals surface area contributed by atoms with Crippen molar-refractivity contribution in [1.82, 2.24) is 15.1 Å². The maximum Gasteiger partial charge on any atom is 0.171 e. The summed E-state index contributed by atoms with van der Waals surface area (Å²) in [6, 6.07) is 5.19. The fourth-order valence-corrected chi connectivity index (χ4v) is 2.35. The second-order valence-corrected chi connectivity index (χ2v) is 5.78. The lowest BCUT2D eigenvalue weighted by atomic mass is 10.2. The number of aryl methyl sites for hydroxylation is 2. The van der Waals surface area contributed by atoms with Gasteiger partial charge in [0.15, 0.2) is 5.11 Å². The molecular weight excluding hydrogens is 327 g/mol. The maximum atomic E-state index is 6.08. The largest absolute Gasteiger partial charge is 0.358 e. The van der Waals surface area contributed by atoms with Gasteiger partial charge in [-0.2, -0.15) is 5.10 Å². The second-order valence-electron chi connectivity index (χ2n) is 4.53. The van der Waals surface area contributed by atoms with Crippen LogP contribution in [0.1, 0.15) is 18.2 Å². The van der Waals surface area contributed by atoms with E-state index in [1.165, 1.54) is 0 Å². The van der Waals surface area contributed by atoms with E-state index in [2.05, 4.69) is 22.7 Å². The number of nitrogens with one attached hydrogen (secondary N) is 2. The van der Waals surface area contributed by atoms with Crippen LogP contribution >= 0.6 is 35.4 Å². The lowest BCUT2D eigenvalue weighted by Crippen LogP contribution is -2.28. The monoisotopic (exact) mass is 342 g/mol. The zero-order valence-electron chi connectivity index (χ0n) is 11.8. The predicted molar refractivity (Wildman–Crippen MR) is 92.2 cm³/mol. The van der Waals surface area contributed by atoms with Crippen LogP contribution in [0.15, 0.2) is 24.4 Å². The van der Waals surface area contributed by atoms with E-state index in [0.29, 0.717) is 27.4 Å². The summed E-state index contributed by atoms with van der Waals surface area (Å²) in [5.74, 6) is 0. The van der Waals surface area contributed by atoms with Gasteiger partial charge in [0.05, 0.1) is 16.4 Å². The molecule has 1 aromatic carbocycles. The van der Waals surface area contributed by atoms with Crippen molar-refractivity contribution in [2.24, 2.45) is 0 Å². The van der Waals surface area contributed by atoms with Crippen molar-refractivity contribution in [2.45, 2.75) is 26.9 Å². The van der Waals surface area contributed by atoms with Crippen LogP contribution in [0.2, 0.25) is 10.0 Å². The molecule has 0 aliphatic carbocycles. The molecule has 0 unspecified atom stereocenters. The fraction of sp³-hybridized carbons (Fsp3) is 0.286. The van der Waals surface area contributed by atoms with Crippen LogP contribution in [0.5, 0.6) is 0 Å². The number of nitrogens with zero attached hydrogens (tertiary/aromatic N) is 2. The third-order valence-corrected chi connectivity index (χ3v) is 3.80. The Kier molecular flexibility index (Phi) is 5.45. The summed E-state index contributed by atoms with van der Waals surface area (Å²) in [6.45, 7) is 5.49. The van der Waals surface area contributed by atoms with Gasteiger partial charge in [0, 0.05) is 29.9 Å². The Balaban J connectivity index is 1.95.